The molecule has 8 bridgehead atoms. The molecule has 9 rings (SSSR count). The molecular formula is C30H40N2O2. The minimum absolute atomic E-state index is 0.129. The molecular weight excluding hydrogens is 420 g/mol. The van der Waals surface area contributed by atoms with Gasteiger partial charge in [0.1, 0.15) is 0 Å². The molecule has 8 saturated carbocycles. The van der Waals surface area contributed by atoms with Crippen molar-refractivity contribution in [1.82, 2.24) is 0 Å². The van der Waals surface area contributed by atoms with E-state index in [-0.39, 0.29) is 22.6 Å². The van der Waals surface area contributed by atoms with Crippen molar-refractivity contribution in [3.05, 3.63) is 24.3 Å². The van der Waals surface area contributed by atoms with Crippen LogP contribution in [0.3, 0.4) is 0 Å². The highest BCUT2D eigenvalue weighted by atomic mass is 16.2. The fourth-order valence-corrected chi connectivity index (χ4v) is 10.8. The van der Waals surface area contributed by atoms with Crippen LogP contribution in [0.4, 0.5) is 11.4 Å². The Morgan fingerprint density at radius 1 is 0.588 bits per heavy atom. The van der Waals surface area contributed by atoms with E-state index >= 15 is 0 Å². The summed E-state index contributed by atoms with van der Waals surface area (Å²) >= 11 is 0. The number of carbonyl (C=O) groups excluding carboxylic acids is 2. The molecule has 1 aromatic rings. The van der Waals surface area contributed by atoms with Crippen molar-refractivity contribution in [2.75, 3.05) is 10.6 Å². The molecule has 2 N–H and O–H groups in total. The van der Waals surface area contributed by atoms with Gasteiger partial charge in [-0.3, -0.25) is 9.59 Å². The van der Waals surface area contributed by atoms with Crippen LogP contribution in [0.1, 0.15) is 89.9 Å². The van der Waals surface area contributed by atoms with Gasteiger partial charge in [0.15, 0.2) is 0 Å². The van der Waals surface area contributed by atoms with Crippen molar-refractivity contribution in [1.29, 1.82) is 0 Å². The fraction of sp³-hybridized carbons (Fsp3) is 0.733. The van der Waals surface area contributed by atoms with E-state index in [1.54, 1.807) is 0 Å². The first-order valence-electron chi connectivity index (χ1n) is 14.1. The average molecular weight is 461 g/mol. The number of amides is 2. The van der Waals surface area contributed by atoms with Gasteiger partial charge in [0.25, 0.3) is 0 Å². The molecule has 8 fully saturated rings. The molecule has 8 aliphatic rings. The summed E-state index contributed by atoms with van der Waals surface area (Å²) < 4.78 is 0. The molecule has 4 heteroatoms. The lowest BCUT2D eigenvalue weighted by Crippen LogP contribution is -2.47. The molecule has 0 unspecified atom stereocenters. The van der Waals surface area contributed by atoms with Gasteiger partial charge in [-0.2, -0.15) is 0 Å². The first-order valence-corrected chi connectivity index (χ1v) is 14.1. The van der Waals surface area contributed by atoms with Crippen LogP contribution in [0.25, 0.3) is 0 Å². The molecule has 0 saturated heterocycles. The number of para-hydroxylation sites is 2. The zero-order valence-electron chi connectivity index (χ0n) is 20.5. The highest BCUT2D eigenvalue weighted by Gasteiger charge is 2.52. The zero-order valence-corrected chi connectivity index (χ0v) is 20.5. The summed E-state index contributed by atoms with van der Waals surface area (Å²) in [6.45, 7) is 0. The van der Waals surface area contributed by atoms with Crippen LogP contribution < -0.4 is 10.6 Å². The molecule has 34 heavy (non-hydrogen) atoms. The maximum Gasteiger partial charge on any atom is 0.224 e. The average Bonchev–Trinajstić information content (AvgIpc) is 2.72. The van der Waals surface area contributed by atoms with Gasteiger partial charge in [-0.1, -0.05) is 12.1 Å². The summed E-state index contributed by atoms with van der Waals surface area (Å²) in [4.78, 5) is 26.4. The lowest BCUT2D eigenvalue weighted by Gasteiger charge is -2.56. The molecule has 0 heterocycles. The summed E-state index contributed by atoms with van der Waals surface area (Å²) in [5.74, 6) is 5.40. The summed E-state index contributed by atoms with van der Waals surface area (Å²) in [5.41, 5.74) is 1.98. The van der Waals surface area contributed by atoms with Gasteiger partial charge in [-0.25, -0.2) is 0 Å². The van der Waals surface area contributed by atoms with Crippen LogP contribution >= 0.6 is 0 Å². The van der Waals surface area contributed by atoms with Crippen LogP contribution in [0.5, 0.6) is 0 Å². The van der Waals surface area contributed by atoms with Crippen molar-refractivity contribution in [2.24, 2.45) is 46.3 Å². The Morgan fingerprint density at radius 3 is 1.18 bits per heavy atom. The van der Waals surface area contributed by atoms with E-state index in [1.165, 1.54) is 77.0 Å². The highest BCUT2D eigenvalue weighted by Crippen LogP contribution is 2.62. The van der Waals surface area contributed by atoms with Gasteiger partial charge < -0.3 is 10.6 Å². The number of nitrogens with one attached hydrogen (secondary N) is 2. The van der Waals surface area contributed by atoms with E-state index in [0.29, 0.717) is 12.8 Å². The minimum Gasteiger partial charge on any atom is -0.324 e. The molecule has 1 aromatic carbocycles. The number of hydrogen-bond donors (Lipinski definition) is 2. The Kier molecular flexibility index (Phi) is 4.94. The summed E-state index contributed by atoms with van der Waals surface area (Å²) in [5, 5.41) is 6.39. The first-order chi connectivity index (χ1) is 16.4. The number of carbonyl (C=O) groups is 2. The maximum atomic E-state index is 13.2. The Balaban J connectivity index is 1.01. The van der Waals surface area contributed by atoms with Crippen molar-refractivity contribution in [3.8, 4) is 0 Å². The number of benzene rings is 1. The first kappa shape index (κ1) is 21.4. The molecule has 0 aromatic heterocycles. The van der Waals surface area contributed by atoms with Gasteiger partial charge >= 0.3 is 0 Å². The molecule has 0 aliphatic heterocycles. The molecule has 0 atom stereocenters. The zero-order chi connectivity index (χ0) is 22.9. The van der Waals surface area contributed by atoms with Crippen LogP contribution in [-0.2, 0) is 9.59 Å². The second-order valence-electron chi connectivity index (χ2n) is 13.8. The minimum atomic E-state index is 0.129. The number of anilines is 2. The van der Waals surface area contributed by atoms with Crippen LogP contribution in [-0.4, -0.2) is 11.8 Å². The Hall–Kier alpha value is -1.84. The van der Waals surface area contributed by atoms with Crippen molar-refractivity contribution in [2.45, 2.75) is 89.9 Å². The normalized spacial score (nSPS) is 43.2. The smallest absolute Gasteiger partial charge is 0.224 e. The van der Waals surface area contributed by atoms with Crippen molar-refractivity contribution >= 4 is 23.2 Å². The maximum absolute atomic E-state index is 13.2. The third kappa shape index (κ3) is 3.89. The molecule has 0 spiro atoms. The number of rotatable bonds is 6. The molecule has 2 amide bonds. The van der Waals surface area contributed by atoms with E-state index in [4.69, 9.17) is 0 Å². The molecule has 8 aliphatic carbocycles. The topological polar surface area (TPSA) is 58.2 Å². The predicted octanol–water partition coefficient (Wildman–Crippen LogP) is 6.78. The summed E-state index contributed by atoms with van der Waals surface area (Å²) in [6.07, 6.45) is 17.2. The van der Waals surface area contributed by atoms with Crippen molar-refractivity contribution < 1.29 is 9.59 Å². The summed E-state index contributed by atoms with van der Waals surface area (Å²) in [6, 6.07) is 7.79. The van der Waals surface area contributed by atoms with Gasteiger partial charge in [0.2, 0.25) is 11.8 Å². The second-order valence-corrected chi connectivity index (χ2v) is 13.8. The molecule has 182 valence electrons. The fourth-order valence-electron chi connectivity index (χ4n) is 10.8. The lowest BCUT2D eigenvalue weighted by atomic mass is 9.49. The second kappa shape index (κ2) is 7.83. The van der Waals surface area contributed by atoms with E-state index in [0.717, 1.165) is 46.9 Å². The van der Waals surface area contributed by atoms with E-state index in [1.807, 2.05) is 24.3 Å². The van der Waals surface area contributed by atoms with Crippen LogP contribution in [0.2, 0.25) is 0 Å². The largest absolute Gasteiger partial charge is 0.324 e. The number of hydrogen-bond acceptors (Lipinski definition) is 2. The van der Waals surface area contributed by atoms with E-state index < -0.39 is 0 Å². The van der Waals surface area contributed by atoms with Crippen molar-refractivity contribution in [3.63, 3.8) is 0 Å². The lowest BCUT2D eigenvalue weighted by molar-refractivity contribution is -0.125. The van der Waals surface area contributed by atoms with Gasteiger partial charge in [0.05, 0.1) is 11.4 Å². The Bertz CT molecular complexity index is 848. The molecule has 0 radical (unpaired) electrons. The van der Waals surface area contributed by atoms with Gasteiger partial charge in [-0.05, 0) is 136 Å². The van der Waals surface area contributed by atoms with Crippen LogP contribution in [0, 0.1) is 46.3 Å². The third-order valence-corrected chi connectivity index (χ3v) is 10.9. The summed E-state index contributed by atoms with van der Waals surface area (Å²) in [7, 11) is 0. The Labute approximate surface area is 204 Å². The third-order valence-electron chi connectivity index (χ3n) is 10.9. The SMILES string of the molecule is O=C(CC12CC3CC(CC(C3)C1)C2)Nc1ccccc1NC(=O)CC12CC3CC(CC(C3)C1)C2. The van der Waals surface area contributed by atoms with E-state index in [9.17, 15) is 9.59 Å². The van der Waals surface area contributed by atoms with Gasteiger partial charge in [-0.15, -0.1) is 0 Å². The standard InChI is InChI=1S/C30H40N2O2/c33-27(17-29-11-19-5-20(12-29)7-21(6-19)13-29)31-25-3-1-2-4-26(25)32-28(34)18-30-14-22-8-23(15-30)10-24(9-22)16-30/h1-4,19-24H,5-18H2,(H,31,33)(H,32,34). The Morgan fingerprint density at radius 2 is 0.882 bits per heavy atom. The monoisotopic (exact) mass is 460 g/mol. The highest BCUT2D eigenvalue weighted by molar-refractivity contribution is 5.99. The van der Waals surface area contributed by atoms with E-state index in [2.05, 4.69) is 10.6 Å². The predicted molar refractivity (Wildman–Crippen MR) is 134 cm³/mol. The van der Waals surface area contributed by atoms with Crippen LogP contribution in [0.15, 0.2) is 24.3 Å². The van der Waals surface area contributed by atoms with Gasteiger partial charge in [0, 0.05) is 12.8 Å². The molecule has 4 nitrogen and oxygen atoms in total. The quantitative estimate of drug-likeness (QED) is 0.492.